The van der Waals surface area contributed by atoms with Gasteiger partial charge in [-0.25, -0.2) is 0 Å². The summed E-state index contributed by atoms with van der Waals surface area (Å²) in [7, 11) is 0. The van der Waals surface area contributed by atoms with Gasteiger partial charge in [0.25, 0.3) is 0 Å². The number of aromatic nitrogens is 2. The molecule has 0 amide bonds. The van der Waals surface area contributed by atoms with Crippen LogP contribution in [0, 0.1) is 5.92 Å². The molecule has 1 aliphatic heterocycles. The standard InChI is InChI=1S/C14H17N3O2.ClH/c1-8(2)12(15)14-16-13(17-19-14)10-3-4-11-9(7-10)5-6-18-11;/h3-4,7-8,12H,5-6,15H2,1-2H3;1H. The Labute approximate surface area is 123 Å². The number of nitrogens with zero attached hydrogens (tertiary/aromatic N) is 2. The van der Waals surface area contributed by atoms with Crippen LogP contribution in [0.3, 0.4) is 0 Å². The third kappa shape index (κ3) is 2.64. The van der Waals surface area contributed by atoms with E-state index in [2.05, 4.69) is 16.2 Å². The first-order valence-electron chi connectivity index (χ1n) is 6.50. The second kappa shape index (κ2) is 5.81. The van der Waals surface area contributed by atoms with Crippen molar-refractivity contribution in [3.63, 3.8) is 0 Å². The minimum Gasteiger partial charge on any atom is -0.493 e. The fraction of sp³-hybridized carbons (Fsp3) is 0.429. The molecule has 1 aromatic carbocycles. The summed E-state index contributed by atoms with van der Waals surface area (Å²) in [4.78, 5) is 4.38. The van der Waals surface area contributed by atoms with Crippen molar-refractivity contribution in [2.75, 3.05) is 6.61 Å². The van der Waals surface area contributed by atoms with E-state index in [1.54, 1.807) is 0 Å². The molecule has 0 aliphatic carbocycles. The Hall–Kier alpha value is -1.59. The summed E-state index contributed by atoms with van der Waals surface area (Å²) in [5.74, 6) is 2.29. The van der Waals surface area contributed by atoms with E-state index in [0.29, 0.717) is 11.7 Å². The highest BCUT2D eigenvalue weighted by atomic mass is 35.5. The molecule has 0 bridgehead atoms. The third-order valence-corrected chi connectivity index (χ3v) is 3.39. The lowest BCUT2D eigenvalue weighted by atomic mass is 10.1. The van der Waals surface area contributed by atoms with Gasteiger partial charge in [-0.05, 0) is 29.7 Å². The smallest absolute Gasteiger partial charge is 0.244 e. The van der Waals surface area contributed by atoms with Gasteiger partial charge in [0, 0.05) is 12.0 Å². The minimum atomic E-state index is -0.223. The minimum absolute atomic E-state index is 0. The number of hydrogen-bond donors (Lipinski definition) is 1. The number of ether oxygens (including phenoxy) is 1. The van der Waals surface area contributed by atoms with Crippen molar-refractivity contribution < 1.29 is 9.26 Å². The molecule has 0 spiro atoms. The van der Waals surface area contributed by atoms with Gasteiger partial charge in [-0.3, -0.25) is 0 Å². The Morgan fingerprint density at radius 2 is 2.10 bits per heavy atom. The third-order valence-electron chi connectivity index (χ3n) is 3.39. The van der Waals surface area contributed by atoms with E-state index in [-0.39, 0.29) is 24.4 Å². The molecule has 20 heavy (non-hydrogen) atoms. The quantitative estimate of drug-likeness (QED) is 0.942. The molecule has 0 saturated carbocycles. The van der Waals surface area contributed by atoms with Crippen LogP contribution < -0.4 is 10.5 Å². The van der Waals surface area contributed by atoms with Crippen LogP contribution in [0.5, 0.6) is 5.75 Å². The number of fused-ring (bicyclic) bond motifs is 1. The second-order valence-corrected chi connectivity index (χ2v) is 5.15. The highest BCUT2D eigenvalue weighted by molar-refractivity contribution is 5.85. The second-order valence-electron chi connectivity index (χ2n) is 5.15. The summed E-state index contributed by atoms with van der Waals surface area (Å²) >= 11 is 0. The molecule has 2 heterocycles. The zero-order valence-corrected chi connectivity index (χ0v) is 12.3. The summed E-state index contributed by atoms with van der Waals surface area (Å²) in [6.45, 7) is 4.80. The monoisotopic (exact) mass is 295 g/mol. The van der Waals surface area contributed by atoms with Gasteiger partial charge in [-0.15, -0.1) is 12.4 Å². The van der Waals surface area contributed by atoms with Gasteiger partial charge in [0.2, 0.25) is 11.7 Å². The van der Waals surface area contributed by atoms with E-state index in [1.165, 1.54) is 5.56 Å². The van der Waals surface area contributed by atoms with Crippen molar-refractivity contribution in [2.24, 2.45) is 11.7 Å². The summed E-state index contributed by atoms with van der Waals surface area (Å²) in [5, 5.41) is 4.01. The van der Waals surface area contributed by atoms with E-state index in [0.717, 1.165) is 24.3 Å². The molecule has 2 N–H and O–H groups in total. The highest BCUT2D eigenvalue weighted by Gasteiger charge is 2.20. The largest absolute Gasteiger partial charge is 0.493 e. The molecule has 5 nitrogen and oxygen atoms in total. The van der Waals surface area contributed by atoms with E-state index in [1.807, 2.05) is 26.0 Å². The average molecular weight is 296 g/mol. The van der Waals surface area contributed by atoms with Crippen molar-refractivity contribution in [3.8, 4) is 17.1 Å². The Kier molecular flexibility index (Phi) is 4.30. The van der Waals surface area contributed by atoms with Crippen LogP contribution in [-0.2, 0) is 6.42 Å². The molecule has 2 aromatic rings. The SMILES string of the molecule is CC(C)C(N)c1nc(-c2ccc3c(c2)CCO3)no1.Cl. The molecule has 0 radical (unpaired) electrons. The van der Waals surface area contributed by atoms with Gasteiger partial charge in [0.1, 0.15) is 5.75 Å². The zero-order valence-electron chi connectivity index (χ0n) is 11.5. The Morgan fingerprint density at radius 1 is 1.30 bits per heavy atom. The summed E-state index contributed by atoms with van der Waals surface area (Å²) in [6.07, 6.45) is 0.930. The van der Waals surface area contributed by atoms with E-state index >= 15 is 0 Å². The molecule has 1 unspecified atom stereocenters. The highest BCUT2D eigenvalue weighted by Crippen LogP contribution is 2.30. The molecule has 1 aromatic heterocycles. The summed E-state index contributed by atoms with van der Waals surface area (Å²) in [5.41, 5.74) is 8.13. The van der Waals surface area contributed by atoms with Crippen LogP contribution >= 0.6 is 12.4 Å². The predicted molar refractivity (Wildman–Crippen MR) is 77.9 cm³/mol. The molecular formula is C14H18ClN3O2. The average Bonchev–Trinajstić information content (AvgIpc) is 3.05. The molecule has 6 heteroatoms. The van der Waals surface area contributed by atoms with Gasteiger partial charge in [0.15, 0.2) is 0 Å². The summed E-state index contributed by atoms with van der Waals surface area (Å²) < 4.78 is 10.7. The predicted octanol–water partition coefficient (Wildman–Crippen LogP) is 2.75. The lowest BCUT2D eigenvalue weighted by molar-refractivity contribution is 0.325. The maximum atomic E-state index is 6.00. The Bertz CT molecular complexity index is 598. The van der Waals surface area contributed by atoms with Gasteiger partial charge < -0.3 is 15.0 Å². The first-order valence-corrected chi connectivity index (χ1v) is 6.50. The number of benzene rings is 1. The van der Waals surface area contributed by atoms with Crippen molar-refractivity contribution >= 4 is 12.4 Å². The fourth-order valence-electron chi connectivity index (χ4n) is 2.10. The van der Waals surface area contributed by atoms with Crippen LogP contribution in [0.1, 0.15) is 31.3 Å². The summed E-state index contributed by atoms with van der Waals surface area (Å²) in [6, 6.07) is 5.73. The van der Waals surface area contributed by atoms with Gasteiger partial charge in [0.05, 0.1) is 12.6 Å². The number of halogens is 1. The maximum Gasteiger partial charge on any atom is 0.244 e. The topological polar surface area (TPSA) is 74.2 Å². The van der Waals surface area contributed by atoms with Crippen LogP contribution in [0.25, 0.3) is 11.4 Å². The molecule has 108 valence electrons. The van der Waals surface area contributed by atoms with Gasteiger partial charge >= 0.3 is 0 Å². The lowest BCUT2D eigenvalue weighted by Crippen LogP contribution is -2.16. The Morgan fingerprint density at radius 3 is 2.85 bits per heavy atom. The van der Waals surface area contributed by atoms with Crippen molar-refractivity contribution in [2.45, 2.75) is 26.3 Å². The van der Waals surface area contributed by atoms with E-state index < -0.39 is 0 Å². The lowest BCUT2D eigenvalue weighted by Gasteiger charge is -2.09. The van der Waals surface area contributed by atoms with Crippen LogP contribution in [0.4, 0.5) is 0 Å². The molecule has 0 saturated heterocycles. The number of nitrogens with two attached hydrogens (primary N) is 1. The maximum absolute atomic E-state index is 6.00. The van der Waals surface area contributed by atoms with Crippen molar-refractivity contribution in [1.82, 2.24) is 10.1 Å². The van der Waals surface area contributed by atoms with Gasteiger partial charge in [-0.2, -0.15) is 4.98 Å². The van der Waals surface area contributed by atoms with Crippen LogP contribution in [-0.4, -0.2) is 16.7 Å². The van der Waals surface area contributed by atoms with Crippen LogP contribution in [0.2, 0.25) is 0 Å². The van der Waals surface area contributed by atoms with Crippen LogP contribution in [0.15, 0.2) is 22.7 Å². The van der Waals surface area contributed by atoms with E-state index in [9.17, 15) is 0 Å². The molecular weight excluding hydrogens is 278 g/mol. The van der Waals surface area contributed by atoms with Crippen molar-refractivity contribution in [1.29, 1.82) is 0 Å². The zero-order chi connectivity index (χ0) is 13.4. The first-order chi connectivity index (χ1) is 9.15. The molecule has 1 atom stereocenters. The molecule has 1 aliphatic rings. The normalized spacial score (nSPS) is 14.6. The van der Waals surface area contributed by atoms with Gasteiger partial charge in [-0.1, -0.05) is 19.0 Å². The number of hydrogen-bond acceptors (Lipinski definition) is 5. The van der Waals surface area contributed by atoms with Crippen molar-refractivity contribution in [3.05, 3.63) is 29.7 Å². The fourth-order valence-corrected chi connectivity index (χ4v) is 2.10. The molecule has 0 fully saturated rings. The first kappa shape index (κ1) is 14.8. The van der Waals surface area contributed by atoms with E-state index in [4.69, 9.17) is 15.0 Å². The number of rotatable bonds is 3. The molecule has 3 rings (SSSR count). The Balaban J connectivity index is 0.00000147.